The second kappa shape index (κ2) is 8.16. The van der Waals surface area contributed by atoms with E-state index in [0.717, 1.165) is 22.3 Å². The van der Waals surface area contributed by atoms with E-state index >= 15 is 0 Å². The number of rotatable bonds is 5. The van der Waals surface area contributed by atoms with Gasteiger partial charge in [0.25, 0.3) is 0 Å². The van der Waals surface area contributed by atoms with Crippen molar-refractivity contribution < 1.29 is 14.3 Å². The Morgan fingerprint density at radius 2 is 1.91 bits per heavy atom. The summed E-state index contributed by atoms with van der Waals surface area (Å²) in [6.07, 6.45) is 1.80. The lowest BCUT2D eigenvalue weighted by Gasteiger charge is -2.10. The van der Waals surface area contributed by atoms with E-state index in [9.17, 15) is 4.79 Å². The monoisotopic (exact) mass is 447 g/mol. The zero-order valence-corrected chi connectivity index (χ0v) is 18.7. The number of hydrogen-bond acceptors (Lipinski definition) is 7. The van der Waals surface area contributed by atoms with E-state index in [1.807, 2.05) is 17.7 Å². The molecule has 0 radical (unpaired) electrons. The molecule has 162 valence electrons. The number of aryl methyl sites for hydroxylation is 3. The number of anilines is 1. The normalized spacial score (nSPS) is 12.3. The molecule has 0 saturated carbocycles. The van der Waals surface area contributed by atoms with Crippen LogP contribution in [0.5, 0.6) is 11.5 Å². The number of nitrogens with zero attached hydrogens (tertiary/aromatic N) is 4. The summed E-state index contributed by atoms with van der Waals surface area (Å²) in [6, 6.07) is 11.5. The number of amides is 1. The maximum Gasteiger partial charge on any atom is 0.234 e. The second-order valence-corrected chi connectivity index (χ2v) is 8.55. The Morgan fingerprint density at radius 3 is 2.75 bits per heavy atom. The molecule has 0 fully saturated rings. The minimum absolute atomic E-state index is 0.151. The Bertz CT molecular complexity index is 1350. The van der Waals surface area contributed by atoms with Crippen molar-refractivity contribution >= 4 is 34.3 Å². The maximum atomic E-state index is 12.6. The standard InChI is InChI=1S/C23H21N5O3S/c1-13-4-6-17(8-14(13)2)28-22-18(10-24-28)15(3)26-27-23(22)32-11-21(29)25-16-5-7-19-20(9-16)31-12-30-19/h4-10H,11-12H2,1-3H3,(H,25,29). The van der Waals surface area contributed by atoms with Crippen molar-refractivity contribution in [3.8, 4) is 17.2 Å². The van der Waals surface area contributed by atoms with Crippen molar-refractivity contribution in [1.82, 2.24) is 20.0 Å². The van der Waals surface area contributed by atoms with E-state index in [0.29, 0.717) is 22.2 Å². The summed E-state index contributed by atoms with van der Waals surface area (Å²) >= 11 is 1.33. The highest BCUT2D eigenvalue weighted by molar-refractivity contribution is 8.00. The lowest BCUT2D eigenvalue weighted by atomic mass is 10.1. The summed E-state index contributed by atoms with van der Waals surface area (Å²) in [6.45, 7) is 6.25. The molecule has 0 bridgehead atoms. The van der Waals surface area contributed by atoms with Gasteiger partial charge in [0.1, 0.15) is 10.5 Å². The van der Waals surface area contributed by atoms with Crippen molar-refractivity contribution in [1.29, 1.82) is 0 Å². The van der Waals surface area contributed by atoms with Crippen LogP contribution >= 0.6 is 11.8 Å². The predicted octanol–water partition coefficient (Wildman–Crippen LogP) is 4.20. The van der Waals surface area contributed by atoms with E-state index in [1.54, 1.807) is 24.4 Å². The summed E-state index contributed by atoms with van der Waals surface area (Å²) in [5.74, 6) is 1.33. The molecular weight excluding hydrogens is 426 g/mol. The van der Waals surface area contributed by atoms with Gasteiger partial charge in [-0.05, 0) is 56.2 Å². The quantitative estimate of drug-likeness (QED) is 0.459. The third-order valence-corrected chi connectivity index (χ3v) is 6.34. The van der Waals surface area contributed by atoms with Gasteiger partial charge in [0.2, 0.25) is 12.7 Å². The van der Waals surface area contributed by atoms with Gasteiger partial charge in [0.05, 0.1) is 23.3 Å². The molecule has 0 unspecified atom stereocenters. The molecule has 2 aromatic heterocycles. The van der Waals surface area contributed by atoms with Crippen LogP contribution in [0.3, 0.4) is 0 Å². The first-order valence-electron chi connectivity index (χ1n) is 10.1. The van der Waals surface area contributed by atoms with Crippen molar-refractivity contribution in [2.24, 2.45) is 0 Å². The molecule has 0 atom stereocenters. The van der Waals surface area contributed by atoms with Crippen LogP contribution in [0.1, 0.15) is 16.8 Å². The molecule has 1 N–H and O–H groups in total. The fraction of sp³-hybridized carbons (Fsp3) is 0.217. The first kappa shape index (κ1) is 20.3. The van der Waals surface area contributed by atoms with Crippen molar-refractivity contribution in [3.05, 3.63) is 59.4 Å². The molecule has 1 aliphatic rings. The number of carbonyl (C=O) groups excluding carboxylic acids is 1. The molecular formula is C23H21N5O3S. The average molecular weight is 448 g/mol. The van der Waals surface area contributed by atoms with E-state index in [4.69, 9.17) is 9.47 Å². The zero-order chi connectivity index (χ0) is 22.2. The molecule has 8 nitrogen and oxygen atoms in total. The fourth-order valence-electron chi connectivity index (χ4n) is 3.50. The molecule has 32 heavy (non-hydrogen) atoms. The van der Waals surface area contributed by atoms with Gasteiger partial charge in [0.15, 0.2) is 11.5 Å². The Balaban J connectivity index is 1.39. The van der Waals surface area contributed by atoms with Gasteiger partial charge in [-0.25, -0.2) is 4.68 Å². The Labute approximate surface area is 188 Å². The summed E-state index contributed by atoms with van der Waals surface area (Å²) in [7, 11) is 0. The minimum Gasteiger partial charge on any atom is -0.454 e. The van der Waals surface area contributed by atoms with Gasteiger partial charge >= 0.3 is 0 Å². The molecule has 9 heteroatoms. The molecule has 4 aromatic rings. The van der Waals surface area contributed by atoms with Gasteiger partial charge in [0, 0.05) is 17.1 Å². The molecule has 1 aliphatic heterocycles. The first-order chi connectivity index (χ1) is 15.5. The van der Waals surface area contributed by atoms with Gasteiger partial charge in [-0.15, -0.1) is 5.10 Å². The largest absolute Gasteiger partial charge is 0.454 e. The number of benzene rings is 2. The fourth-order valence-corrected chi connectivity index (χ4v) is 4.27. The summed E-state index contributed by atoms with van der Waals surface area (Å²) < 4.78 is 12.5. The van der Waals surface area contributed by atoms with Crippen LogP contribution in [0.2, 0.25) is 0 Å². The van der Waals surface area contributed by atoms with E-state index in [1.165, 1.54) is 22.9 Å². The lowest BCUT2D eigenvalue weighted by Crippen LogP contribution is -2.14. The van der Waals surface area contributed by atoms with Crippen LogP contribution in [0.4, 0.5) is 5.69 Å². The SMILES string of the molecule is Cc1ccc(-n2ncc3c(C)nnc(SCC(=O)Nc4ccc5c(c4)OCO5)c32)cc1C. The molecule has 1 amide bonds. The van der Waals surface area contributed by atoms with Gasteiger partial charge in [-0.3, -0.25) is 4.79 Å². The van der Waals surface area contributed by atoms with Crippen LogP contribution in [-0.4, -0.2) is 38.4 Å². The Hall–Kier alpha value is -3.59. The van der Waals surface area contributed by atoms with Crippen LogP contribution in [-0.2, 0) is 4.79 Å². The van der Waals surface area contributed by atoms with Crippen LogP contribution in [0.25, 0.3) is 16.6 Å². The Kier molecular flexibility index (Phi) is 5.18. The Morgan fingerprint density at radius 1 is 1.06 bits per heavy atom. The molecule has 5 rings (SSSR count). The third kappa shape index (κ3) is 3.75. The first-order valence-corrected chi connectivity index (χ1v) is 11.1. The summed E-state index contributed by atoms with van der Waals surface area (Å²) in [5, 5.41) is 17.7. The number of fused-ring (bicyclic) bond motifs is 2. The number of thioether (sulfide) groups is 1. The highest BCUT2D eigenvalue weighted by Crippen LogP contribution is 2.34. The lowest BCUT2D eigenvalue weighted by molar-refractivity contribution is -0.113. The van der Waals surface area contributed by atoms with Crippen LogP contribution < -0.4 is 14.8 Å². The smallest absolute Gasteiger partial charge is 0.234 e. The molecule has 0 aliphatic carbocycles. The van der Waals surface area contributed by atoms with E-state index in [2.05, 4.69) is 46.6 Å². The second-order valence-electron chi connectivity index (χ2n) is 7.58. The number of aromatic nitrogens is 4. The number of hydrogen-bond donors (Lipinski definition) is 1. The van der Waals surface area contributed by atoms with Gasteiger partial charge in [-0.2, -0.15) is 10.2 Å². The highest BCUT2D eigenvalue weighted by atomic mass is 32.2. The van der Waals surface area contributed by atoms with Crippen LogP contribution in [0, 0.1) is 20.8 Å². The van der Waals surface area contributed by atoms with Gasteiger partial charge < -0.3 is 14.8 Å². The third-order valence-electron chi connectivity index (χ3n) is 5.38. The van der Waals surface area contributed by atoms with Crippen LogP contribution in [0.15, 0.2) is 47.6 Å². The predicted molar refractivity (Wildman–Crippen MR) is 123 cm³/mol. The number of nitrogens with one attached hydrogen (secondary N) is 1. The number of carbonyl (C=O) groups is 1. The molecule has 2 aromatic carbocycles. The molecule has 0 spiro atoms. The molecule has 0 saturated heterocycles. The van der Waals surface area contributed by atoms with Gasteiger partial charge in [-0.1, -0.05) is 17.8 Å². The average Bonchev–Trinajstić information content (AvgIpc) is 3.43. The van der Waals surface area contributed by atoms with Crippen molar-refractivity contribution in [2.45, 2.75) is 25.8 Å². The number of ether oxygens (including phenoxy) is 2. The zero-order valence-electron chi connectivity index (χ0n) is 17.9. The van der Waals surface area contributed by atoms with Crippen molar-refractivity contribution in [2.75, 3.05) is 17.9 Å². The summed E-state index contributed by atoms with van der Waals surface area (Å²) in [5.41, 5.74) is 5.64. The highest BCUT2D eigenvalue weighted by Gasteiger charge is 2.18. The topological polar surface area (TPSA) is 91.2 Å². The molecule has 3 heterocycles. The van der Waals surface area contributed by atoms with E-state index in [-0.39, 0.29) is 18.5 Å². The maximum absolute atomic E-state index is 12.6. The minimum atomic E-state index is -0.151. The van der Waals surface area contributed by atoms with E-state index < -0.39 is 0 Å². The summed E-state index contributed by atoms with van der Waals surface area (Å²) in [4.78, 5) is 12.6. The van der Waals surface area contributed by atoms with Crippen molar-refractivity contribution in [3.63, 3.8) is 0 Å².